The molecule has 0 bridgehead atoms. The van der Waals surface area contributed by atoms with Crippen molar-refractivity contribution in [3.05, 3.63) is 90.0 Å². The number of carbonyl (C=O) groups excluding carboxylic acids is 1. The minimum absolute atomic E-state index is 0.0811. The standard InChI is InChI=1S/C25H23FN4O/c1-18-16-24(30(27-18)21-9-5-8-20(26)17-21)25(31)29-14-12-28(13-15-29)23-11-4-7-19-6-2-3-10-22(19)23/h2-11,16-17H,12-15H2,1H3. The predicted octanol–water partition coefficient (Wildman–Crippen LogP) is 4.44. The lowest BCUT2D eigenvalue weighted by Crippen LogP contribution is -2.49. The Morgan fingerprint density at radius 2 is 1.65 bits per heavy atom. The van der Waals surface area contributed by atoms with Gasteiger partial charge in [-0.25, -0.2) is 9.07 Å². The lowest BCUT2D eigenvalue weighted by atomic mass is 10.1. The Kier molecular flexibility index (Phi) is 4.90. The molecular formula is C25H23FN4O. The summed E-state index contributed by atoms with van der Waals surface area (Å²) in [4.78, 5) is 17.5. The maximum absolute atomic E-state index is 13.7. The van der Waals surface area contributed by atoms with Crippen molar-refractivity contribution in [2.24, 2.45) is 0 Å². The first-order chi connectivity index (χ1) is 15.1. The van der Waals surface area contributed by atoms with Gasteiger partial charge in [0.2, 0.25) is 0 Å². The van der Waals surface area contributed by atoms with Crippen LogP contribution < -0.4 is 4.90 Å². The fourth-order valence-electron chi connectivity index (χ4n) is 4.25. The summed E-state index contributed by atoms with van der Waals surface area (Å²) < 4.78 is 15.3. The molecule has 1 aliphatic heterocycles. The van der Waals surface area contributed by atoms with Crippen LogP contribution >= 0.6 is 0 Å². The Morgan fingerprint density at radius 3 is 2.45 bits per heavy atom. The van der Waals surface area contributed by atoms with Crippen LogP contribution in [0.2, 0.25) is 0 Å². The largest absolute Gasteiger partial charge is 0.367 e. The van der Waals surface area contributed by atoms with Crippen LogP contribution in [0.15, 0.2) is 72.8 Å². The van der Waals surface area contributed by atoms with Crippen molar-refractivity contribution in [3.63, 3.8) is 0 Å². The maximum Gasteiger partial charge on any atom is 0.272 e. The van der Waals surface area contributed by atoms with Crippen molar-refractivity contribution in [2.75, 3.05) is 31.1 Å². The SMILES string of the molecule is Cc1cc(C(=O)N2CCN(c3cccc4ccccc34)CC2)n(-c2cccc(F)c2)n1. The number of halogens is 1. The van der Waals surface area contributed by atoms with E-state index in [4.69, 9.17) is 0 Å². The van der Waals surface area contributed by atoms with E-state index in [9.17, 15) is 9.18 Å². The molecule has 0 N–H and O–H groups in total. The topological polar surface area (TPSA) is 41.4 Å². The molecular weight excluding hydrogens is 391 g/mol. The van der Waals surface area contributed by atoms with E-state index in [1.807, 2.05) is 17.9 Å². The molecule has 1 saturated heterocycles. The molecule has 1 fully saturated rings. The second-order valence-electron chi connectivity index (χ2n) is 7.84. The van der Waals surface area contributed by atoms with Crippen molar-refractivity contribution in [3.8, 4) is 5.69 Å². The molecule has 0 spiro atoms. The van der Waals surface area contributed by atoms with Crippen LogP contribution in [0.4, 0.5) is 10.1 Å². The summed E-state index contributed by atoms with van der Waals surface area (Å²) in [5, 5.41) is 6.87. The quantitative estimate of drug-likeness (QED) is 0.498. The van der Waals surface area contributed by atoms with Gasteiger partial charge >= 0.3 is 0 Å². The van der Waals surface area contributed by atoms with Crippen molar-refractivity contribution in [1.29, 1.82) is 0 Å². The summed E-state index contributed by atoms with van der Waals surface area (Å²) in [6, 6.07) is 22.6. The Balaban J connectivity index is 1.36. The fraction of sp³-hybridized carbons (Fsp3) is 0.200. The van der Waals surface area contributed by atoms with Crippen LogP contribution in [0.3, 0.4) is 0 Å². The van der Waals surface area contributed by atoms with Gasteiger partial charge in [0.25, 0.3) is 5.91 Å². The highest BCUT2D eigenvalue weighted by Crippen LogP contribution is 2.28. The van der Waals surface area contributed by atoms with Crippen LogP contribution in [-0.4, -0.2) is 46.8 Å². The van der Waals surface area contributed by atoms with E-state index in [0.717, 1.165) is 18.8 Å². The number of anilines is 1. The zero-order valence-electron chi connectivity index (χ0n) is 17.3. The number of aromatic nitrogens is 2. The molecule has 0 aliphatic carbocycles. The molecule has 31 heavy (non-hydrogen) atoms. The molecule has 2 heterocycles. The number of fused-ring (bicyclic) bond motifs is 1. The summed E-state index contributed by atoms with van der Waals surface area (Å²) >= 11 is 0. The van der Waals surface area contributed by atoms with Gasteiger partial charge < -0.3 is 9.80 Å². The predicted molar refractivity (Wildman–Crippen MR) is 120 cm³/mol. The smallest absolute Gasteiger partial charge is 0.272 e. The lowest BCUT2D eigenvalue weighted by molar-refractivity contribution is 0.0737. The van der Waals surface area contributed by atoms with Gasteiger partial charge in [0.05, 0.1) is 11.4 Å². The fourth-order valence-corrected chi connectivity index (χ4v) is 4.25. The molecule has 156 valence electrons. The molecule has 1 amide bonds. The Labute approximate surface area is 180 Å². The minimum Gasteiger partial charge on any atom is -0.367 e. The summed E-state index contributed by atoms with van der Waals surface area (Å²) in [5.74, 6) is -0.435. The van der Waals surface area contributed by atoms with Gasteiger partial charge in [-0.05, 0) is 42.6 Å². The van der Waals surface area contributed by atoms with Gasteiger partial charge in [-0.1, -0.05) is 42.5 Å². The highest BCUT2D eigenvalue weighted by Gasteiger charge is 2.26. The number of carbonyl (C=O) groups is 1. The molecule has 0 saturated carbocycles. The summed E-state index contributed by atoms with van der Waals surface area (Å²) in [7, 11) is 0. The van der Waals surface area contributed by atoms with Gasteiger partial charge in [0, 0.05) is 37.3 Å². The molecule has 5 nitrogen and oxygen atoms in total. The summed E-state index contributed by atoms with van der Waals surface area (Å²) in [5.41, 5.74) is 2.93. The number of rotatable bonds is 3. The van der Waals surface area contributed by atoms with Crippen LogP contribution in [-0.2, 0) is 0 Å². The third kappa shape index (κ3) is 3.65. The van der Waals surface area contributed by atoms with E-state index in [1.165, 1.54) is 33.3 Å². The highest BCUT2D eigenvalue weighted by molar-refractivity contribution is 5.95. The zero-order chi connectivity index (χ0) is 21.4. The average Bonchev–Trinajstić information content (AvgIpc) is 3.20. The third-order valence-corrected chi connectivity index (χ3v) is 5.78. The van der Waals surface area contributed by atoms with Crippen molar-refractivity contribution < 1.29 is 9.18 Å². The zero-order valence-corrected chi connectivity index (χ0v) is 17.3. The van der Waals surface area contributed by atoms with Gasteiger partial charge in [-0.15, -0.1) is 0 Å². The number of benzene rings is 3. The molecule has 0 radical (unpaired) electrons. The number of amides is 1. The lowest BCUT2D eigenvalue weighted by Gasteiger charge is -2.36. The van der Waals surface area contributed by atoms with Crippen LogP contribution in [0.25, 0.3) is 16.5 Å². The van der Waals surface area contributed by atoms with E-state index < -0.39 is 0 Å². The first-order valence-electron chi connectivity index (χ1n) is 10.4. The third-order valence-electron chi connectivity index (χ3n) is 5.78. The van der Waals surface area contributed by atoms with Gasteiger partial charge in [0.1, 0.15) is 11.5 Å². The average molecular weight is 414 g/mol. The van der Waals surface area contributed by atoms with E-state index in [1.54, 1.807) is 18.2 Å². The second kappa shape index (κ2) is 7.87. The number of piperazine rings is 1. The Hall–Kier alpha value is -3.67. The number of hydrogen-bond donors (Lipinski definition) is 0. The molecule has 6 heteroatoms. The molecule has 5 rings (SSSR count). The van der Waals surface area contributed by atoms with Crippen molar-refractivity contribution in [1.82, 2.24) is 14.7 Å². The molecule has 0 unspecified atom stereocenters. The van der Waals surface area contributed by atoms with Gasteiger partial charge in [-0.2, -0.15) is 5.10 Å². The summed E-state index contributed by atoms with van der Waals surface area (Å²) in [6.45, 7) is 4.59. The van der Waals surface area contributed by atoms with Crippen LogP contribution in [0.1, 0.15) is 16.2 Å². The molecule has 4 aromatic rings. The summed E-state index contributed by atoms with van der Waals surface area (Å²) in [6.07, 6.45) is 0. The van der Waals surface area contributed by atoms with E-state index in [2.05, 4.69) is 46.4 Å². The molecule has 1 aliphatic rings. The molecule has 1 aromatic heterocycles. The maximum atomic E-state index is 13.7. The Bertz CT molecular complexity index is 1250. The van der Waals surface area contributed by atoms with E-state index in [0.29, 0.717) is 24.5 Å². The number of aryl methyl sites for hydroxylation is 1. The van der Waals surface area contributed by atoms with Crippen molar-refractivity contribution in [2.45, 2.75) is 6.92 Å². The van der Waals surface area contributed by atoms with Crippen molar-refractivity contribution >= 4 is 22.4 Å². The Morgan fingerprint density at radius 1 is 0.903 bits per heavy atom. The molecule has 0 atom stereocenters. The number of hydrogen-bond acceptors (Lipinski definition) is 3. The first kappa shape index (κ1) is 19.3. The second-order valence-corrected chi connectivity index (χ2v) is 7.84. The van der Waals surface area contributed by atoms with Gasteiger partial charge in [0.15, 0.2) is 0 Å². The van der Waals surface area contributed by atoms with E-state index >= 15 is 0 Å². The molecule has 3 aromatic carbocycles. The van der Waals surface area contributed by atoms with Crippen LogP contribution in [0, 0.1) is 12.7 Å². The monoisotopic (exact) mass is 414 g/mol. The normalized spacial score (nSPS) is 14.3. The van der Waals surface area contributed by atoms with Crippen LogP contribution in [0.5, 0.6) is 0 Å². The minimum atomic E-state index is -0.354. The number of nitrogens with zero attached hydrogens (tertiary/aromatic N) is 4. The highest BCUT2D eigenvalue weighted by atomic mass is 19.1. The first-order valence-corrected chi connectivity index (χ1v) is 10.4. The van der Waals surface area contributed by atoms with Gasteiger partial charge in [-0.3, -0.25) is 4.79 Å². The van der Waals surface area contributed by atoms with E-state index in [-0.39, 0.29) is 11.7 Å².